The van der Waals surface area contributed by atoms with E-state index < -0.39 is 0 Å². The number of aromatic hydroxyl groups is 1. The van der Waals surface area contributed by atoms with E-state index in [0.717, 1.165) is 12.0 Å². The number of nitrogens with zero attached hydrogens (tertiary/aromatic N) is 2. The molecule has 0 aliphatic rings. The molecular formula is C21H21ClFN3O2. The highest BCUT2D eigenvalue weighted by atomic mass is 35.5. The zero-order chi connectivity index (χ0) is 20.1. The minimum Gasteiger partial charge on any atom is -0.504 e. The fraction of sp³-hybridized carbons (Fsp3) is 0.238. The van der Waals surface area contributed by atoms with E-state index in [1.54, 1.807) is 36.7 Å². The second-order valence-electron chi connectivity index (χ2n) is 6.30. The fourth-order valence-electron chi connectivity index (χ4n) is 3.01. The number of anilines is 1. The van der Waals surface area contributed by atoms with Gasteiger partial charge in [0.25, 0.3) is 0 Å². The van der Waals surface area contributed by atoms with Crippen LogP contribution in [0.4, 0.5) is 10.2 Å². The van der Waals surface area contributed by atoms with Crippen molar-refractivity contribution in [1.29, 1.82) is 0 Å². The first kappa shape index (κ1) is 19.9. The Balaban J connectivity index is 1.92. The summed E-state index contributed by atoms with van der Waals surface area (Å²) in [6.45, 7) is 2.02. The maximum atomic E-state index is 14.4. The third-order valence-corrected chi connectivity index (χ3v) is 4.69. The molecule has 0 saturated carbocycles. The zero-order valence-electron chi connectivity index (χ0n) is 15.6. The third kappa shape index (κ3) is 4.34. The minimum absolute atomic E-state index is 0.0469. The highest BCUT2D eigenvalue weighted by Crippen LogP contribution is 2.33. The van der Waals surface area contributed by atoms with Gasteiger partial charge >= 0.3 is 0 Å². The van der Waals surface area contributed by atoms with E-state index in [-0.39, 0.29) is 17.6 Å². The van der Waals surface area contributed by atoms with Crippen LogP contribution >= 0.6 is 11.6 Å². The van der Waals surface area contributed by atoms with E-state index in [1.807, 2.05) is 6.92 Å². The van der Waals surface area contributed by atoms with Crippen LogP contribution in [0.15, 0.2) is 48.8 Å². The quantitative estimate of drug-likeness (QED) is 0.539. The molecule has 3 rings (SSSR count). The molecule has 3 aromatic rings. The zero-order valence-corrected chi connectivity index (χ0v) is 16.4. The lowest BCUT2D eigenvalue weighted by Crippen LogP contribution is -2.14. The summed E-state index contributed by atoms with van der Waals surface area (Å²) in [7, 11) is 1.48. The first-order valence-corrected chi connectivity index (χ1v) is 9.31. The van der Waals surface area contributed by atoms with Crippen molar-refractivity contribution in [3.05, 3.63) is 65.2 Å². The molecule has 1 atom stereocenters. The molecule has 0 bridgehead atoms. The average Bonchev–Trinajstić information content (AvgIpc) is 2.68. The van der Waals surface area contributed by atoms with Crippen molar-refractivity contribution in [2.75, 3.05) is 12.4 Å². The average molecular weight is 402 g/mol. The summed E-state index contributed by atoms with van der Waals surface area (Å²) < 4.78 is 19.5. The second-order valence-corrected chi connectivity index (χ2v) is 6.70. The van der Waals surface area contributed by atoms with Crippen LogP contribution in [-0.4, -0.2) is 22.2 Å². The second kappa shape index (κ2) is 8.89. The Morgan fingerprint density at radius 3 is 2.79 bits per heavy atom. The number of hydrogen-bond donors (Lipinski definition) is 2. The molecule has 0 amide bonds. The summed E-state index contributed by atoms with van der Waals surface area (Å²) in [5, 5.41) is 13.4. The fourth-order valence-corrected chi connectivity index (χ4v) is 3.31. The van der Waals surface area contributed by atoms with Crippen LogP contribution < -0.4 is 10.1 Å². The van der Waals surface area contributed by atoms with Gasteiger partial charge in [0.05, 0.1) is 31.2 Å². The number of aromatic nitrogens is 2. The molecule has 2 N–H and O–H groups in total. The van der Waals surface area contributed by atoms with Gasteiger partial charge in [0.1, 0.15) is 11.6 Å². The van der Waals surface area contributed by atoms with Crippen molar-refractivity contribution < 1.29 is 14.2 Å². The smallest absolute Gasteiger partial charge is 0.161 e. The highest BCUT2D eigenvalue weighted by molar-refractivity contribution is 6.31. The lowest BCUT2D eigenvalue weighted by Gasteiger charge is -2.21. The maximum Gasteiger partial charge on any atom is 0.161 e. The summed E-state index contributed by atoms with van der Waals surface area (Å²) in [4.78, 5) is 8.81. The summed E-state index contributed by atoms with van der Waals surface area (Å²) in [5.74, 6) is 0.540. The van der Waals surface area contributed by atoms with Crippen LogP contribution in [0.5, 0.6) is 11.5 Å². The molecular weight excluding hydrogens is 381 g/mol. The molecule has 0 aliphatic heterocycles. The predicted molar refractivity (Wildman–Crippen MR) is 108 cm³/mol. The van der Waals surface area contributed by atoms with Crippen molar-refractivity contribution in [2.45, 2.75) is 25.8 Å². The van der Waals surface area contributed by atoms with Crippen molar-refractivity contribution in [3.8, 4) is 22.8 Å². The SMILES string of the molecule is CCCC(Nc1cncc(-c2ccc(O)c(OC)c2)n1)c1c(F)cccc1Cl. The topological polar surface area (TPSA) is 67.3 Å². The molecule has 0 spiro atoms. The molecule has 7 heteroatoms. The van der Waals surface area contributed by atoms with Gasteiger partial charge in [-0.15, -0.1) is 0 Å². The number of hydrogen-bond acceptors (Lipinski definition) is 5. The molecule has 28 heavy (non-hydrogen) atoms. The molecule has 1 aromatic heterocycles. The molecule has 0 radical (unpaired) electrons. The van der Waals surface area contributed by atoms with E-state index in [1.165, 1.54) is 19.2 Å². The number of rotatable bonds is 7. The number of nitrogens with one attached hydrogen (secondary N) is 1. The number of phenolic OH excluding ortho intramolecular Hbond substituents is 1. The van der Waals surface area contributed by atoms with Crippen LogP contribution in [0.1, 0.15) is 31.4 Å². The molecule has 2 aromatic carbocycles. The molecule has 0 saturated heterocycles. The predicted octanol–water partition coefficient (Wildman–Crippen LogP) is 5.60. The van der Waals surface area contributed by atoms with Crippen molar-refractivity contribution >= 4 is 17.4 Å². The van der Waals surface area contributed by atoms with Crippen molar-refractivity contribution in [3.63, 3.8) is 0 Å². The van der Waals surface area contributed by atoms with Crippen LogP contribution in [-0.2, 0) is 0 Å². The Morgan fingerprint density at radius 1 is 1.25 bits per heavy atom. The Morgan fingerprint density at radius 2 is 2.07 bits per heavy atom. The van der Waals surface area contributed by atoms with Gasteiger partial charge in [-0.3, -0.25) is 4.98 Å². The lowest BCUT2D eigenvalue weighted by atomic mass is 10.0. The van der Waals surface area contributed by atoms with Crippen molar-refractivity contribution in [2.24, 2.45) is 0 Å². The molecule has 146 valence electrons. The van der Waals surface area contributed by atoms with Crippen LogP contribution in [0.25, 0.3) is 11.3 Å². The lowest BCUT2D eigenvalue weighted by molar-refractivity contribution is 0.373. The van der Waals surface area contributed by atoms with Crippen LogP contribution in [0, 0.1) is 5.82 Å². The summed E-state index contributed by atoms with van der Waals surface area (Å²) in [6.07, 6.45) is 4.71. The third-order valence-electron chi connectivity index (χ3n) is 4.36. The van der Waals surface area contributed by atoms with Crippen LogP contribution in [0.3, 0.4) is 0 Å². The van der Waals surface area contributed by atoms with E-state index in [9.17, 15) is 9.50 Å². The Kier molecular flexibility index (Phi) is 6.31. The van der Waals surface area contributed by atoms with E-state index >= 15 is 0 Å². The first-order valence-electron chi connectivity index (χ1n) is 8.93. The van der Waals surface area contributed by atoms with Gasteiger partial charge in [-0.05, 0) is 36.8 Å². The summed E-state index contributed by atoms with van der Waals surface area (Å²) >= 11 is 6.25. The molecule has 0 aliphatic carbocycles. The van der Waals surface area contributed by atoms with Crippen LogP contribution in [0.2, 0.25) is 5.02 Å². The Hall–Kier alpha value is -2.86. The standard InChI is InChI=1S/C21H21ClFN3O2/c1-3-5-16(21-14(22)6-4-7-15(21)23)25-20-12-24-11-17(26-20)13-8-9-18(27)19(10-13)28-2/h4,6-12,16,27H,3,5H2,1-2H3,(H,25,26). The summed E-state index contributed by atoms with van der Waals surface area (Å²) in [6, 6.07) is 9.27. The minimum atomic E-state index is -0.356. The number of benzene rings is 2. The monoisotopic (exact) mass is 401 g/mol. The van der Waals surface area contributed by atoms with Gasteiger partial charge < -0.3 is 15.2 Å². The van der Waals surface area contributed by atoms with E-state index in [2.05, 4.69) is 15.3 Å². The highest BCUT2D eigenvalue weighted by Gasteiger charge is 2.19. The van der Waals surface area contributed by atoms with Crippen molar-refractivity contribution in [1.82, 2.24) is 9.97 Å². The largest absolute Gasteiger partial charge is 0.504 e. The van der Waals surface area contributed by atoms with E-state index in [4.69, 9.17) is 16.3 Å². The van der Waals surface area contributed by atoms with Gasteiger partial charge in [-0.2, -0.15) is 0 Å². The Labute approximate surface area is 168 Å². The van der Waals surface area contributed by atoms with Gasteiger partial charge in [-0.25, -0.2) is 9.37 Å². The molecule has 1 heterocycles. The maximum absolute atomic E-state index is 14.4. The van der Waals surface area contributed by atoms with Gasteiger partial charge in [0.15, 0.2) is 11.5 Å². The molecule has 0 fully saturated rings. The Bertz CT molecular complexity index is 948. The van der Waals surface area contributed by atoms with E-state index in [0.29, 0.717) is 34.3 Å². The molecule has 5 nitrogen and oxygen atoms in total. The normalized spacial score (nSPS) is 11.9. The number of ether oxygens (including phenoxy) is 1. The summed E-state index contributed by atoms with van der Waals surface area (Å²) in [5.41, 5.74) is 1.75. The van der Waals surface area contributed by atoms with Gasteiger partial charge in [0, 0.05) is 16.1 Å². The number of methoxy groups -OCH3 is 1. The molecule has 1 unspecified atom stereocenters. The number of phenols is 1. The number of halogens is 2. The van der Waals surface area contributed by atoms with Gasteiger partial charge in [-0.1, -0.05) is 31.0 Å². The first-order chi connectivity index (χ1) is 13.5. The van der Waals surface area contributed by atoms with Gasteiger partial charge in [0.2, 0.25) is 0 Å².